The van der Waals surface area contributed by atoms with Crippen LogP contribution in [-0.4, -0.2) is 58.8 Å². The molecule has 2 fully saturated rings. The van der Waals surface area contributed by atoms with Crippen molar-refractivity contribution in [2.75, 3.05) is 43.4 Å². The number of pyridine rings is 1. The number of aromatic nitrogens is 3. The molecule has 0 spiro atoms. The third kappa shape index (κ3) is 3.60. The Hall–Kier alpha value is -3.06. The molecule has 4 heterocycles. The topological polar surface area (TPSA) is 69.5 Å². The van der Waals surface area contributed by atoms with Crippen molar-refractivity contribution in [2.45, 2.75) is 32.2 Å². The summed E-state index contributed by atoms with van der Waals surface area (Å²) in [6.07, 6.45) is 8.96. The number of fused-ring (bicyclic) bond motifs is 3. The van der Waals surface area contributed by atoms with Crippen molar-refractivity contribution >= 4 is 34.1 Å². The maximum atomic E-state index is 4.93. The average molecular weight is 428 g/mol. The molecule has 6 rings (SSSR count). The summed E-state index contributed by atoms with van der Waals surface area (Å²) in [7, 11) is 2.17. The lowest BCUT2D eigenvalue weighted by Gasteiger charge is -2.33. The molecule has 1 saturated heterocycles. The van der Waals surface area contributed by atoms with Crippen LogP contribution < -0.4 is 10.2 Å². The fourth-order valence-electron chi connectivity index (χ4n) is 5.23. The molecule has 7 nitrogen and oxygen atoms in total. The summed E-state index contributed by atoms with van der Waals surface area (Å²) in [6, 6.07) is 8.46. The molecular formula is C25H29N7. The van der Waals surface area contributed by atoms with E-state index in [4.69, 9.17) is 9.98 Å². The highest BCUT2D eigenvalue weighted by atomic mass is 15.3. The van der Waals surface area contributed by atoms with E-state index in [2.05, 4.69) is 50.3 Å². The van der Waals surface area contributed by atoms with Crippen molar-refractivity contribution in [3.63, 3.8) is 0 Å². The van der Waals surface area contributed by atoms with Gasteiger partial charge in [0.2, 0.25) is 5.95 Å². The van der Waals surface area contributed by atoms with E-state index < -0.39 is 0 Å². The smallest absolute Gasteiger partial charge is 0.228 e. The molecule has 1 aromatic carbocycles. The Labute approximate surface area is 188 Å². The van der Waals surface area contributed by atoms with Crippen molar-refractivity contribution in [1.82, 2.24) is 19.9 Å². The SMILES string of the molecule is CN1CCN(c2ccc(Nc3ncc4ccc5c(c4n3)C(C3CCCC3)=NC5)nc2)CC1. The zero-order valence-electron chi connectivity index (χ0n) is 18.6. The van der Waals surface area contributed by atoms with E-state index in [1.54, 1.807) is 0 Å². The quantitative estimate of drug-likeness (QED) is 0.678. The van der Waals surface area contributed by atoms with E-state index in [-0.39, 0.29) is 0 Å². The molecule has 3 aliphatic rings. The predicted octanol–water partition coefficient (Wildman–Crippen LogP) is 4.01. The number of nitrogens with one attached hydrogen (secondary N) is 1. The lowest BCUT2D eigenvalue weighted by Crippen LogP contribution is -2.44. The van der Waals surface area contributed by atoms with Gasteiger partial charge in [-0.05, 0) is 37.6 Å². The summed E-state index contributed by atoms with van der Waals surface area (Å²) in [5.74, 6) is 1.93. The Balaban J connectivity index is 1.26. The van der Waals surface area contributed by atoms with Crippen LogP contribution in [0.2, 0.25) is 0 Å². The molecule has 0 atom stereocenters. The summed E-state index contributed by atoms with van der Waals surface area (Å²) in [6.45, 7) is 5.02. The van der Waals surface area contributed by atoms with Gasteiger partial charge in [0.05, 0.1) is 23.9 Å². The average Bonchev–Trinajstić information content (AvgIpc) is 3.50. The van der Waals surface area contributed by atoms with Gasteiger partial charge in [0.25, 0.3) is 0 Å². The maximum absolute atomic E-state index is 4.93. The molecule has 2 aliphatic heterocycles. The van der Waals surface area contributed by atoms with E-state index >= 15 is 0 Å². The summed E-state index contributed by atoms with van der Waals surface area (Å²) in [5, 5.41) is 4.38. The monoisotopic (exact) mass is 427 g/mol. The molecule has 0 unspecified atom stereocenters. The summed E-state index contributed by atoms with van der Waals surface area (Å²) >= 11 is 0. The van der Waals surface area contributed by atoms with Crippen molar-refractivity contribution < 1.29 is 0 Å². The fourth-order valence-corrected chi connectivity index (χ4v) is 5.23. The van der Waals surface area contributed by atoms with Gasteiger partial charge in [-0.15, -0.1) is 0 Å². The molecule has 1 saturated carbocycles. The first-order chi connectivity index (χ1) is 15.7. The minimum Gasteiger partial charge on any atom is -0.368 e. The van der Waals surface area contributed by atoms with Gasteiger partial charge in [-0.1, -0.05) is 25.0 Å². The highest BCUT2D eigenvalue weighted by Crippen LogP contribution is 2.36. The van der Waals surface area contributed by atoms with Crippen molar-refractivity contribution in [2.24, 2.45) is 10.9 Å². The number of hydrogen-bond donors (Lipinski definition) is 1. The Morgan fingerprint density at radius 2 is 1.78 bits per heavy atom. The molecule has 0 radical (unpaired) electrons. The number of benzene rings is 1. The highest BCUT2D eigenvalue weighted by molar-refractivity contribution is 6.13. The van der Waals surface area contributed by atoms with E-state index in [1.165, 1.54) is 48.2 Å². The van der Waals surface area contributed by atoms with E-state index in [0.29, 0.717) is 11.9 Å². The maximum Gasteiger partial charge on any atom is 0.228 e. The number of likely N-dealkylation sites (N-methyl/N-ethyl adjacent to an activating group) is 1. The van der Waals surface area contributed by atoms with Gasteiger partial charge in [-0.25, -0.2) is 15.0 Å². The van der Waals surface area contributed by atoms with Crippen molar-refractivity contribution in [1.29, 1.82) is 0 Å². The number of piperazine rings is 1. The van der Waals surface area contributed by atoms with E-state index in [9.17, 15) is 0 Å². The number of hydrogen-bond acceptors (Lipinski definition) is 7. The standard InChI is InChI=1S/C25H29N7/c1-31-10-12-32(13-11-31)20-8-9-21(26-16-20)29-25-28-15-19-7-6-18-14-27-23(17-4-2-3-5-17)22(18)24(19)30-25/h6-9,15-17H,2-5,10-14H2,1H3,(H,26,28,29,30). The van der Waals surface area contributed by atoms with Crippen molar-refractivity contribution in [3.05, 3.63) is 47.8 Å². The lowest BCUT2D eigenvalue weighted by molar-refractivity contribution is 0.313. The Morgan fingerprint density at radius 1 is 0.938 bits per heavy atom. The van der Waals surface area contributed by atoms with Gasteiger partial charge in [-0.3, -0.25) is 4.99 Å². The van der Waals surface area contributed by atoms with Crippen LogP contribution in [0.5, 0.6) is 0 Å². The number of nitrogens with zero attached hydrogens (tertiary/aromatic N) is 6. The van der Waals surface area contributed by atoms with Crippen LogP contribution in [0.4, 0.5) is 17.5 Å². The normalized spacial score (nSPS) is 19.4. The molecule has 32 heavy (non-hydrogen) atoms. The minimum absolute atomic E-state index is 0.581. The van der Waals surface area contributed by atoms with Crippen LogP contribution in [0.15, 0.2) is 41.7 Å². The van der Waals surface area contributed by atoms with Crippen molar-refractivity contribution in [3.8, 4) is 0 Å². The van der Waals surface area contributed by atoms with Crippen LogP contribution in [-0.2, 0) is 6.54 Å². The van der Waals surface area contributed by atoms with Crippen LogP contribution in [0.25, 0.3) is 10.9 Å². The van der Waals surface area contributed by atoms with E-state index in [1.807, 2.05) is 18.5 Å². The first-order valence-electron chi connectivity index (χ1n) is 11.7. The molecule has 7 heteroatoms. The highest BCUT2D eigenvalue weighted by Gasteiger charge is 2.29. The van der Waals surface area contributed by atoms with Gasteiger partial charge >= 0.3 is 0 Å². The first-order valence-corrected chi connectivity index (χ1v) is 11.7. The second-order valence-corrected chi connectivity index (χ2v) is 9.23. The molecular weight excluding hydrogens is 398 g/mol. The van der Waals surface area contributed by atoms with E-state index in [0.717, 1.165) is 49.4 Å². The Bertz CT molecular complexity index is 1160. The first kappa shape index (κ1) is 19.6. The number of anilines is 3. The minimum atomic E-state index is 0.581. The zero-order valence-corrected chi connectivity index (χ0v) is 18.6. The van der Waals surface area contributed by atoms with Gasteiger partial charge in [0, 0.05) is 55.0 Å². The summed E-state index contributed by atoms with van der Waals surface area (Å²) in [4.78, 5) is 23.8. The third-order valence-corrected chi connectivity index (χ3v) is 7.11. The molecule has 164 valence electrons. The van der Waals surface area contributed by atoms with Gasteiger partial charge < -0.3 is 15.1 Å². The lowest BCUT2D eigenvalue weighted by atomic mass is 9.92. The molecule has 2 aromatic heterocycles. The fraction of sp³-hybridized carbons (Fsp3) is 0.440. The van der Waals surface area contributed by atoms with Crippen LogP contribution in [0, 0.1) is 5.92 Å². The molecule has 1 aliphatic carbocycles. The third-order valence-electron chi connectivity index (χ3n) is 7.11. The second-order valence-electron chi connectivity index (χ2n) is 9.23. The molecule has 0 bridgehead atoms. The molecule has 1 N–H and O–H groups in total. The molecule has 3 aromatic rings. The van der Waals surface area contributed by atoms with Gasteiger partial charge in [0.1, 0.15) is 5.82 Å². The summed E-state index contributed by atoms with van der Waals surface area (Å²) < 4.78 is 0. The van der Waals surface area contributed by atoms with Crippen LogP contribution in [0.1, 0.15) is 36.8 Å². The Kier molecular flexibility index (Phi) is 4.98. The molecule has 0 amide bonds. The number of rotatable bonds is 4. The predicted molar refractivity (Wildman–Crippen MR) is 129 cm³/mol. The largest absolute Gasteiger partial charge is 0.368 e. The van der Waals surface area contributed by atoms with Gasteiger partial charge in [-0.2, -0.15) is 0 Å². The van der Waals surface area contributed by atoms with Crippen LogP contribution in [0.3, 0.4) is 0 Å². The van der Waals surface area contributed by atoms with Crippen LogP contribution >= 0.6 is 0 Å². The zero-order chi connectivity index (χ0) is 21.5. The number of aliphatic imine (C=N–C) groups is 1. The van der Waals surface area contributed by atoms with Gasteiger partial charge in [0.15, 0.2) is 0 Å². The Morgan fingerprint density at radius 3 is 2.56 bits per heavy atom. The second kappa shape index (κ2) is 8.13. The summed E-state index contributed by atoms with van der Waals surface area (Å²) in [5.41, 5.74) is 5.98.